The van der Waals surface area contributed by atoms with E-state index < -0.39 is 11.7 Å². The molecule has 6 nitrogen and oxygen atoms in total. The molecule has 0 saturated heterocycles. The van der Waals surface area contributed by atoms with Gasteiger partial charge < -0.3 is 14.4 Å². The average Bonchev–Trinajstić information content (AvgIpc) is 2.68. The van der Waals surface area contributed by atoms with Gasteiger partial charge in [-0.2, -0.15) is 0 Å². The van der Waals surface area contributed by atoms with Crippen LogP contribution in [0, 0.1) is 0 Å². The molecule has 2 heterocycles. The van der Waals surface area contributed by atoms with Gasteiger partial charge in [-0.25, -0.2) is 9.78 Å². The molecule has 0 fully saturated rings. The summed E-state index contributed by atoms with van der Waals surface area (Å²) >= 11 is 0. The number of aryl methyl sites for hydroxylation is 1. The minimum Gasteiger partial charge on any atom is -0.444 e. The fraction of sp³-hybridized carbons (Fsp3) is 0.692. The summed E-state index contributed by atoms with van der Waals surface area (Å²) in [6, 6.07) is -0.383. The van der Waals surface area contributed by atoms with Crippen LogP contribution in [-0.4, -0.2) is 44.4 Å². The van der Waals surface area contributed by atoms with E-state index in [-0.39, 0.29) is 12.6 Å². The molecule has 1 atom stereocenters. The number of hydrogen-bond acceptors (Lipinski definition) is 4. The first kappa shape index (κ1) is 13.9. The maximum atomic E-state index is 12.2. The van der Waals surface area contributed by atoms with Crippen molar-refractivity contribution in [3.05, 3.63) is 17.7 Å². The zero-order chi connectivity index (χ0) is 14.2. The van der Waals surface area contributed by atoms with Crippen LogP contribution in [0.15, 0.2) is 6.33 Å². The Bertz CT molecular complexity index is 476. The number of aliphatic hydroxyl groups excluding tert-OH is 1. The molecule has 106 valence electrons. The van der Waals surface area contributed by atoms with Crippen LogP contribution in [0.4, 0.5) is 4.79 Å². The van der Waals surface area contributed by atoms with Gasteiger partial charge in [0.05, 0.1) is 24.3 Å². The second kappa shape index (κ2) is 4.85. The van der Waals surface area contributed by atoms with E-state index in [4.69, 9.17) is 4.74 Å². The summed E-state index contributed by atoms with van der Waals surface area (Å²) in [6.45, 7) is 5.88. The van der Waals surface area contributed by atoms with E-state index in [1.54, 1.807) is 11.2 Å². The second-order valence-corrected chi connectivity index (χ2v) is 5.81. The topological polar surface area (TPSA) is 67.6 Å². The van der Waals surface area contributed by atoms with Crippen molar-refractivity contribution in [1.82, 2.24) is 14.5 Å². The maximum absolute atomic E-state index is 12.2. The van der Waals surface area contributed by atoms with Crippen LogP contribution in [0.25, 0.3) is 0 Å². The van der Waals surface area contributed by atoms with Crippen molar-refractivity contribution in [1.29, 1.82) is 0 Å². The first-order valence-electron chi connectivity index (χ1n) is 6.44. The van der Waals surface area contributed by atoms with Crippen LogP contribution in [0.5, 0.6) is 0 Å². The maximum Gasteiger partial charge on any atom is 0.410 e. The number of amides is 1. The Balaban J connectivity index is 2.24. The van der Waals surface area contributed by atoms with Crippen LogP contribution in [0.2, 0.25) is 0 Å². The van der Waals surface area contributed by atoms with Crippen molar-refractivity contribution in [2.45, 2.75) is 38.8 Å². The summed E-state index contributed by atoms with van der Waals surface area (Å²) in [5.41, 5.74) is 1.30. The molecule has 1 aliphatic rings. The van der Waals surface area contributed by atoms with Gasteiger partial charge in [-0.1, -0.05) is 0 Å². The van der Waals surface area contributed by atoms with E-state index in [1.165, 1.54) is 0 Å². The summed E-state index contributed by atoms with van der Waals surface area (Å²) in [6.07, 6.45) is 2.01. The Morgan fingerprint density at radius 3 is 2.84 bits per heavy atom. The van der Waals surface area contributed by atoms with Gasteiger partial charge in [0.15, 0.2) is 0 Å². The van der Waals surface area contributed by atoms with Crippen LogP contribution < -0.4 is 0 Å². The summed E-state index contributed by atoms with van der Waals surface area (Å²) < 4.78 is 7.24. The van der Waals surface area contributed by atoms with Crippen molar-refractivity contribution in [2.75, 3.05) is 13.2 Å². The lowest BCUT2D eigenvalue weighted by Gasteiger charge is -2.35. The first-order valence-corrected chi connectivity index (χ1v) is 6.44. The van der Waals surface area contributed by atoms with Gasteiger partial charge in [0.1, 0.15) is 11.6 Å². The van der Waals surface area contributed by atoms with Gasteiger partial charge in [-0.15, -0.1) is 0 Å². The SMILES string of the molecule is Cn1cnc2c1[C@H](CO)N(C(=O)OC(C)(C)C)CC2. The van der Waals surface area contributed by atoms with Gasteiger partial charge >= 0.3 is 6.09 Å². The Labute approximate surface area is 113 Å². The number of hydrogen-bond donors (Lipinski definition) is 1. The molecule has 0 radical (unpaired) electrons. The molecule has 0 aliphatic carbocycles. The Kier molecular flexibility index (Phi) is 3.54. The monoisotopic (exact) mass is 267 g/mol. The van der Waals surface area contributed by atoms with Crippen molar-refractivity contribution >= 4 is 6.09 Å². The lowest BCUT2D eigenvalue weighted by Crippen LogP contribution is -2.44. The fourth-order valence-electron chi connectivity index (χ4n) is 2.36. The van der Waals surface area contributed by atoms with E-state index >= 15 is 0 Å². The molecule has 1 aromatic heterocycles. The molecule has 0 saturated carbocycles. The van der Waals surface area contributed by atoms with Gasteiger partial charge in [-0.3, -0.25) is 4.90 Å². The minimum atomic E-state index is -0.538. The zero-order valence-electron chi connectivity index (χ0n) is 11.9. The summed E-state index contributed by atoms with van der Waals surface area (Å²) in [7, 11) is 1.87. The summed E-state index contributed by atoms with van der Waals surface area (Å²) in [5, 5.41) is 9.61. The molecular weight excluding hydrogens is 246 g/mol. The number of carbonyl (C=O) groups is 1. The summed E-state index contributed by atoms with van der Waals surface area (Å²) in [4.78, 5) is 18.1. The number of nitrogens with zero attached hydrogens (tertiary/aromatic N) is 3. The van der Waals surface area contributed by atoms with E-state index in [1.807, 2.05) is 32.4 Å². The second-order valence-electron chi connectivity index (χ2n) is 5.81. The van der Waals surface area contributed by atoms with E-state index in [0.29, 0.717) is 13.0 Å². The standard InChI is InChI=1S/C13H21N3O3/c1-13(2,3)19-12(18)16-6-5-9-11(10(16)7-17)15(4)8-14-9/h8,10,17H,5-7H2,1-4H3/t10-/m0/s1. The van der Waals surface area contributed by atoms with Gasteiger partial charge in [0.2, 0.25) is 0 Å². The number of rotatable bonds is 1. The van der Waals surface area contributed by atoms with Gasteiger partial charge in [-0.05, 0) is 20.8 Å². The Morgan fingerprint density at radius 2 is 2.26 bits per heavy atom. The smallest absolute Gasteiger partial charge is 0.410 e. The predicted molar refractivity (Wildman–Crippen MR) is 69.7 cm³/mol. The Hall–Kier alpha value is -1.56. The fourth-order valence-corrected chi connectivity index (χ4v) is 2.36. The van der Waals surface area contributed by atoms with Gasteiger partial charge in [0, 0.05) is 20.0 Å². The molecule has 2 rings (SSSR count). The van der Waals surface area contributed by atoms with E-state index in [2.05, 4.69) is 4.98 Å². The molecule has 1 amide bonds. The highest BCUT2D eigenvalue weighted by Gasteiger charge is 2.35. The average molecular weight is 267 g/mol. The van der Waals surface area contributed by atoms with E-state index in [9.17, 15) is 9.90 Å². The molecular formula is C13H21N3O3. The highest BCUT2D eigenvalue weighted by atomic mass is 16.6. The van der Waals surface area contributed by atoms with Crippen LogP contribution in [0.3, 0.4) is 0 Å². The number of aromatic nitrogens is 2. The third kappa shape index (κ3) is 2.73. The lowest BCUT2D eigenvalue weighted by atomic mass is 10.0. The number of carbonyl (C=O) groups excluding carboxylic acids is 1. The molecule has 0 bridgehead atoms. The minimum absolute atomic E-state index is 0.133. The molecule has 1 N–H and O–H groups in total. The third-order valence-corrected chi connectivity index (χ3v) is 3.14. The largest absolute Gasteiger partial charge is 0.444 e. The highest BCUT2D eigenvalue weighted by molar-refractivity contribution is 5.69. The van der Waals surface area contributed by atoms with Crippen molar-refractivity contribution < 1.29 is 14.6 Å². The van der Waals surface area contributed by atoms with Crippen molar-refractivity contribution in [2.24, 2.45) is 7.05 Å². The van der Waals surface area contributed by atoms with Crippen LogP contribution >= 0.6 is 0 Å². The highest BCUT2D eigenvalue weighted by Crippen LogP contribution is 2.29. The first-order chi connectivity index (χ1) is 8.83. The predicted octanol–water partition coefficient (Wildman–Crippen LogP) is 1.25. The number of imidazole rings is 1. The molecule has 19 heavy (non-hydrogen) atoms. The quantitative estimate of drug-likeness (QED) is 0.831. The van der Waals surface area contributed by atoms with E-state index in [0.717, 1.165) is 11.4 Å². The van der Waals surface area contributed by atoms with Crippen LogP contribution in [0.1, 0.15) is 38.2 Å². The molecule has 6 heteroatoms. The van der Waals surface area contributed by atoms with Crippen molar-refractivity contribution in [3.8, 4) is 0 Å². The molecule has 1 aliphatic heterocycles. The molecule has 0 aromatic carbocycles. The zero-order valence-corrected chi connectivity index (χ0v) is 11.9. The number of fused-ring (bicyclic) bond motifs is 1. The van der Waals surface area contributed by atoms with Gasteiger partial charge in [0.25, 0.3) is 0 Å². The normalized spacial score (nSPS) is 19.2. The molecule has 0 unspecified atom stereocenters. The van der Waals surface area contributed by atoms with Crippen LogP contribution in [-0.2, 0) is 18.2 Å². The number of ether oxygens (including phenoxy) is 1. The number of aliphatic hydroxyl groups is 1. The molecule has 0 spiro atoms. The summed E-state index contributed by atoms with van der Waals surface area (Å²) in [5.74, 6) is 0. The Morgan fingerprint density at radius 1 is 1.58 bits per heavy atom. The third-order valence-electron chi connectivity index (χ3n) is 3.14. The lowest BCUT2D eigenvalue weighted by molar-refractivity contribution is 0.00581. The van der Waals surface area contributed by atoms with Crippen molar-refractivity contribution in [3.63, 3.8) is 0 Å². The molecule has 1 aromatic rings.